The lowest BCUT2D eigenvalue weighted by molar-refractivity contribution is 0.175. The maximum Gasteiger partial charge on any atom is 0.00412 e. The maximum atomic E-state index is 2.51. The van der Waals surface area contributed by atoms with Gasteiger partial charge in [0, 0.05) is 24.2 Å². The summed E-state index contributed by atoms with van der Waals surface area (Å²) in [6.07, 6.45) is 1.26. The topological polar surface area (TPSA) is 6.48 Å². The summed E-state index contributed by atoms with van der Waals surface area (Å²) < 4.78 is 0. The SMILES string of the molecule is CC(C)N(C)C(C)C.CCCN(C(C)C)C(C)C. The first-order valence-corrected chi connectivity index (χ1v) is 7.62. The highest BCUT2D eigenvalue weighted by molar-refractivity contribution is 4.65. The van der Waals surface area contributed by atoms with E-state index >= 15 is 0 Å². The van der Waals surface area contributed by atoms with Crippen molar-refractivity contribution in [3.8, 4) is 0 Å². The molecule has 112 valence electrons. The summed E-state index contributed by atoms with van der Waals surface area (Å²) in [5.74, 6) is 0. The van der Waals surface area contributed by atoms with Gasteiger partial charge < -0.3 is 4.90 Å². The summed E-state index contributed by atoms with van der Waals surface area (Å²) in [7, 11) is 2.15. The van der Waals surface area contributed by atoms with Gasteiger partial charge in [0.05, 0.1) is 0 Å². The first-order valence-electron chi connectivity index (χ1n) is 7.62. The van der Waals surface area contributed by atoms with Crippen molar-refractivity contribution in [1.82, 2.24) is 9.80 Å². The Kier molecular flexibility index (Phi) is 12.2. The molecule has 0 N–H and O–H groups in total. The van der Waals surface area contributed by atoms with E-state index in [1.165, 1.54) is 13.0 Å². The van der Waals surface area contributed by atoms with Gasteiger partial charge in [0.25, 0.3) is 0 Å². The molecule has 0 atom stereocenters. The molecule has 0 aromatic heterocycles. The van der Waals surface area contributed by atoms with Crippen LogP contribution in [0.5, 0.6) is 0 Å². The standard InChI is InChI=1S/C9H21N.C7H17N/c1-6-7-10(8(2)3)9(4)5;1-6(2)8(5)7(3)4/h8-9H,6-7H2,1-5H3;6-7H,1-5H3. The smallest absolute Gasteiger partial charge is 0.00412 e. The van der Waals surface area contributed by atoms with Gasteiger partial charge in [-0.2, -0.15) is 0 Å². The van der Waals surface area contributed by atoms with E-state index in [1.807, 2.05) is 0 Å². The normalized spacial score (nSPS) is 12.0. The van der Waals surface area contributed by atoms with Gasteiger partial charge in [-0.3, -0.25) is 4.90 Å². The Hall–Kier alpha value is -0.0800. The molecular weight excluding hydrogens is 220 g/mol. The van der Waals surface area contributed by atoms with Crippen molar-refractivity contribution in [2.75, 3.05) is 13.6 Å². The average molecular weight is 258 g/mol. The van der Waals surface area contributed by atoms with Crippen LogP contribution in [0, 0.1) is 0 Å². The van der Waals surface area contributed by atoms with Crippen molar-refractivity contribution in [3.63, 3.8) is 0 Å². The van der Waals surface area contributed by atoms with Crippen molar-refractivity contribution in [1.29, 1.82) is 0 Å². The highest BCUT2D eigenvalue weighted by atomic mass is 15.2. The van der Waals surface area contributed by atoms with Crippen molar-refractivity contribution in [2.24, 2.45) is 0 Å². The zero-order valence-electron chi connectivity index (χ0n) is 14.6. The number of hydrogen-bond donors (Lipinski definition) is 0. The maximum absolute atomic E-state index is 2.51. The quantitative estimate of drug-likeness (QED) is 0.703. The predicted molar refractivity (Wildman–Crippen MR) is 85.3 cm³/mol. The van der Waals surface area contributed by atoms with Gasteiger partial charge in [0.2, 0.25) is 0 Å². The largest absolute Gasteiger partial charge is 0.302 e. The van der Waals surface area contributed by atoms with Gasteiger partial charge >= 0.3 is 0 Å². The van der Waals surface area contributed by atoms with Crippen molar-refractivity contribution >= 4 is 0 Å². The van der Waals surface area contributed by atoms with Crippen LogP contribution in [-0.4, -0.2) is 47.6 Å². The summed E-state index contributed by atoms with van der Waals surface area (Å²) in [5.41, 5.74) is 0. The van der Waals surface area contributed by atoms with Crippen molar-refractivity contribution in [2.45, 2.75) is 92.9 Å². The van der Waals surface area contributed by atoms with Crippen LogP contribution in [0.25, 0.3) is 0 Å². The zero-order chi connectivity index (χ0) is 14.9. The van der Waals surface area contributed by atoms with E-state index in [9.17, 15) is 0 Å². The fraction of sp³-hybridized carbons (Fsp3) is 1.00. The first kappa shape index (κ1) is 20.2. The van der Waals surface area contributed by atoms with Gasteiger partial charge in [-0.1, -0.05) is 6.92 Å². The zero-order valence-corrected chi connectivity index (χ0v) is 14.6. The average Bonchev–Trinajstić information content (AvgIpc) is 2.24. The lowest BCUT2D eigenvalue weighted by Crippen LogP contribution is -2.37. The summed E-state index contributed by atoms with van der Waals surface area (Å²) in [6, 6.07) is 2.74. The lowest BCUT2D eigenvalue weighted by Gasteiger charge is -2.29. The second-order valence-electron chi connectivity index (χ2n) is 6.28. The number of hydrogen-bond acceptors (Lipinski definition) is 2. The van der Waals surface area contributed by atoms with E-state index in [0.29, 0.717) is 24.2 Å². The molecule has 0 aliphatic rings. The molecule has 0 aliphatic carbocycles. The van der Waals surface area contributed by atoms with Gasteiger partial charge in [-0.15, -0.1) is 0 Å². The van der Waals surface area contributed by atoms with Crippen LogP contribution in [0.3, 0.4) is 0 Å². The van der Waals surface area contributed by atoms with Crippen LogP contribution >= 0.6 is 0 Å². The van der Waals surface area contributed by atoms with E-state index in [-0.39, 0.29) is 0 Å². The van der Waals surface area contributed by atoms with E-state index in [1.54, 1.807) is 0 Å². The predicted octanol–water partition coefficient (Wildman–Crippen LogP) is 4.25. The Bertz CT molecular complexity index is 158. The van der Waals surface area contributed by atoms with Crippen LogP contribution in [0.1, 0.15) is 68.7 Å². The van der Waals surface area contributed by atoms with Gasteiger partial charge in [-0.05, 0) is 75.4 Å². The van der Waals surface area contributed by atoms with E-state index in [4.69, 9.17) is 0 Å². The molecule has 0 fully saturated rings. The molecule has 0 spiro atoms. The molecule has 0 bridgehead atoms. The molecule has 0 saturated carbocycles. The summed E-state index contributed by atoms with van der Waals surface area (Å²) in [6.45, 7) is 21.3. The highest BCUT2D eigenvalue weighted by Gasteiger charge is 2.10. The van der Waals surface area contributed by atoms with Crippen molar-refractivity contribution in [3.05, 3.63) is 0 Å². The fourth-order valence-corrected chi connectivity index (χ4v) is 1.97. The molecule has 0 amide bonds. The minimum absolute atomic E-state index is 0.676. The summed E-state index contributed by atoms with van der Waals surface area (Å²) in [4.78, 5) is 4.85. The lowest BCUT2D eigenvalue weighted by atomic mass is 10.2. The second kappa shape index (κ2) is 10.8. The molecule has 2 heteroatoms. The second-order valence-corrected chi connectivity index (χ2v) is 6.28. The third kappa shape index (κ3) is 9.90. The molecule has 0 rings (SSSR count). The summed E-state index contributed by atoms with van der Waals surface area (Å²) >= 11 is 0. The van der Waals surface area contributed by atoms with Crippen LogP contribution in [0.15, 0.2) is 0 Å². The van der Waals surface area contributed by atoms with Crippen LogP contribution in [0.4, 0.5) is 0 Å². The molecule has 0 saturated heterocycles. The molecule has 0 unspecified atom stereocenters. The Morgan fingerprint density at radius 2 is 1.00 bits per heavy atom. The van der Waals surface area contributed by atoms with E-state index in [0.717, 1.165) is 0 Å². The summed E-state index contributed by atoms with van der Waals surface area (Å²) in [5, 5.41) is 0. The third-order valence-electron chi connectivity index (χ3n) is 3.44. The van der Waals surface area contributed by atoms with Crippen LogP contribution < -0.4 is 0 Å². The Morgan fingerprint density at radius 1 is 0.667 bits per heavy atom. The molecular formula is C16H38N2. The monoisotopic (exact) mass is 258 g/mol. The number of nitrogens with zero attached hydrogens (tertiary/aromatic N) is 2. The molecule has 0 radical (unpaired) electrons. The molecule has 18 heavy (non-hydrogen) atoms. The molecule has 0 aromatic carbocycles. The van der Waals surface area contributed by atoms with Gasteiger partial charge in [0.1, 0.15) is 0 Å². The molecule has 0 aliphatic heterocycles. The Labute approximate surface area is 117 Å². The van der Waals surface area contributed by atoms with Crippen molar-refractivity contribution < 1.29 is 0 Å². The fourth-order valence-electron chi connectivity index (χ4n) is 1.97. The molecule has 2 nitrogen and oxygen atoms in total. The molecule has 0 heterocycles. The minimum Gasteiger partial charge on any atom is -0.302 e. The molecule has 0 aromatic rings. The van der Waals surface area contributed by atoms with E-state index in [2.05, 4.69) is 79.2 Å². The van der Waals surface area contributed by atoms with Crippen LogP contribution in [-0.2, 0) is 0 Å². The van der Waals surface area contributed by atoms with E-state index < -0.39 is 0 Å². The van der Waals surface area contributed by atoms with Gasteiger partial charge in [0.15, 0.2) is 0 Å². The minimum atomic E-state index is 0.676. The third-order valence-corrected chi connectivity index (χ3v) is 3.44. The number of rotatable bonds is 6. The van der Waals surface area contributed by atoms with Gasteiger partial charge in [-0.25, -0.2) is 0 Å². The first-order chi connectivity index (χ1) is 8.14. The Balaban J connectivity index is 0. The van der Waals surface area contributed by atoms with Crippen LogP contribution in [0.2, 0.25) is 0 Å². The Morgan fingerprint density at radius 3 is 1.06 bits per heavy atom. The highest BCUT2D eigenvalue weighted by Crippen LogP contribution is 2.04.